The quantitative estimate of drug-likeness (QED) is 0.761. The van der Waals surface area contributed by atoms with Gasteiger partial charge in [-0.15, -0.1) is 0 Å². The first kappa shape index (κ1) is 9.52. The highest BCUT2D eigenvalue weighted by Crippen LogP contribution is 2.23. The van der Waals surface area contributed by atoms with E-state index in [-0.39, 0.29) is 0 Å². The van der Waals surface area contributed by atoms with Crippen molar-refractivity contribution in [3.8, 4) is 0 Å². The summed E-state index contributed by atoms with van der Waals surface area (Å²) >= 11 is 0. The normalized spacial score (nSPS) is 11.9. The number of hydrogen-bond acceptors (Lipinski definition) is 2. The fourth-order valence-electron chi connectivity index (χ4n) is 1.43. The summed E-state index contributed by atoms with van der Waals surface area (Å²) in [6.07, 6.45) is 1.14. The third-order valence-corrected chi connectivity index (χ3v) is 2.15. The maximum atomic E-state index is 10.5. The van der Waals surface area contributed by atoms with Crippen molar-refractivity contribution in [3.63, 3.8) is 0 Å². The highest BCUT2D eigenvalue weighted by molar-refractivity contribution is 5.90. The first-order valence-electron chi connectivity index (χ1n) is 4.57. The van der Waals surface area contributed by atoms with Gasteiger partial charge in [0.2, 0.25) is 0 Å². The molecule has 76 valence electrons. The molecular formula is C12H10O3. The van der Waals surface area contributed by atoms with E-state index in [1.807, 2.05) is 30.3 Å². The Morgan fingerprint density at radius 2 is 2.13 bits per heavy atom. The SMILES string of the molecule is C/C(=C/C(=O)O)c1cc2ccccc2o1. The van der Waals surface area contributed by atoms with E-state index in [1.54, 1.807) is 6.92 Å². The van der Waals surface area contributed by atoms with E-state index in [9.17, 15) is 4.79 Å². The Morgan fingerprint density at radius 3 is 2.80 bits per heavy atom. The summed E-state index contributed by atoms with van der Waals surface area (Å²) in [4.78, 5) is 10.5. The van der Waals surface area contributed by atoms with Gasteiger partial charge in [-0.25, -0.2) is 4.79 Å². The number of aliphatic carboxylic acids is 1. The number of benzene rings is 1. The number of fused-ring (bicyclic) bond motifs is 1. The monoisotopic (exact) mass is 202 g/mol. The van der Waals surface area contributed by atoms with Gasteiger partial charge in [0.1, 0.15) is 11.3 Å². The second kappa shape index (κ2) is 3.61. The van der Waals surface area contributed by atoms with Crippen molar-refractivity contribution < 1.29 is 14.3 Å². The largest absolute Gasteiger partial charge is 0.478 e. The lowest BCUT2D eigenvalue weighted by molar-refractivity contribution is -0.131. The zero-order chi connectivity index (χ0) is 10.8. The molecule has 15 heavy (non-hydrogen) atoms. The van der Waals surface area contributed by atoms with Gasteiger partial charge in [0.15, 0.2) is 0 Å². The van der Waals surface area contributed by atoms with Crippen LogP contribution < -0.4 is 0 Å². The van der Waals surface area contributed by atoms with E-state index in [1.165, 1.54) is 0 Å². The Labute approximate surface area is 86.6 Å². The maximum Gasteiger partial charge on any atom is 0.328 e. The molecule has 0 aliphatic rings. The molecule has 0 spiro atoms. The molecule has 0 saturated heterocycles. The third-order valence-electron chi connectivity index (χ3n) is 2.15. The number of allylic oxidation sites excluding steroid dienone is 1. The molecule has 0 aliphatic carbocycles. The van der Waals surface area contributed by atoms with Crippen LogP contribution in [0.25, 0.3) is 16.5 Å². The molecule has 1 heterocycles. The molecule has 0 bridgehead atoms. The number of rotatable bonds is 2. The average Bonchev–Trinajstić information content (AvgIpc) is 2.59. The Morgan fingerprint density at radius 1 is 1.40 bits per heavy atom. The minimum Gasteiger partial charge on any atom is -0.478 e. The molecule has 1 N–H and O–H groups in total. The number of furan rings is 1. The van der Waals surface area contributed by atoms with Gasteiger partial charge >= 0.3 is 5.97 Å². The van der Waals surface area contributed by atoms with Gasteiger partial charge in [0.25, 0.3) is 0 Å². The van der Waals surface area contributed by atoms with Crippen LogP contribution in [0.4, 0.5) is 0 Å². The lowest BCUT2D eigenvalue weighted by Gasteiger charge is -1.92. The first-order valence-corrected chi connectivity index (χ1v) is 4.57. The van der Waals surface area contributed by atoms with Gasteiger partial charge in [-0.1, -0.05) is 18.2 Å². The number of carboxylic acid groups (broad SMARTS) is 1. The molecule has 3 nitrogen and oxygen atoms in total. The molecule has 0 fully saturated rings. The Kier molecular flexibility index (Phi) is 2.29. The van der Waals surface area contributed by atoms with Crippen LogP contribution in [-0.2, 0) is 4.79 Å². The van der Waals surface area contributed by atoms with Crippen molar-refractivity contribution in [1.29, 1.82) is 0 Å². The fourth-order valence-corrected chi connectivity index (χ4v) is 1.43. The van der Waals surface area contributed by atoms with Gasteiger partial charge in [0.05, 0.1) is 0 Å². The zero-order valence-corrected chi connectivity index (χ0v) is 8.23. The summed E-state index contributed by atoms with van der Waals surface area (Å²) in [6.45, 7) is 1.71. The zero-order valence-electron chi connectivity index (χ0n) is 8.23. The Hall–Kier alpha value is -2.03. The van der Waals surface area contributed by atoms with Crippen LogP contribution in [0.2, 0.25) is 0 Å². The molecule has 0 saturated carbocycles. The highest BCUT2D eigenvalue weighted by atomic mass is 16.4. The van der Waals surface area contributed by atoms with Gasteiger partial charge in [-0.3, -0.25) is 0 Å². The van der Waals surface area contributed by atoms with Gasteiger partial charge < -0.3 is 9.52 Å². The summed E-state index contributed by atoms with van der Waals surface area (Å²) in [5.74, 6) is -0.369. The minimum absolute atomic E-state index is 0.596. The van der Waals surface area contributed by atoms with Crippen LogP contribution in [0.15, 0.2) is 40.8 Å². The smallest absolute Gasteiger partial charge is 0.328 e. The number of para-hydroxylation sites is 1. The molecule has 0 amide bonds. The summed E-state index contributed by atoms with van der Waals surface area (Å²) in [6, 6.07) is 9.41. The lowest BCUT2D eigenvalue weighted by atomic mass is 10.2. The van der Waals surface area contributed by atoms with Crippen molar-refractivity contribution in [1.82, 2.24) is 0 Å². The number of carboxylic acids is 1. The topological polar surface area (TPSA) is 50.4 Å². The molecule has 0 radical (unpaired) electrons. The molecule has 2 aromatic rings. The molecule has 0 unspecified atom stereocenters. The number of hydrogen-bond donors (Lipinski definition) is 1. The summed E-state index contributed by atoms with van der Waals surface area (Å²) in [5.41, 5.74) is 1.38. The standard InChI is InChI=1S/C12H10O3/c1-8(6-12(13)14)11-7-9-4-2-3-5-10(9)15-11/h2-7H,1H3,(H,13,14)/b8-6-. The summed E-state index contributed by atoms with van der Waals surface area (Å²) < 4.78 is 5.50. The molecule has 3 heteroatoms. The Bertz CT molecular complexity index is 502. The molecule has 0 atom stereocenters. The lowest BCUT2D eigenvalue weighted by Crippen LogP contribution is -1.88. The van der Waals surface area contributed by atoms with Gasteiger partial charge in [-0.2, -0.15) is 0 Å². The third kappa shape index (κ3) is 1.91. The van der Waals surface area contributed by atoms with Crippen molar-refractivity contribution >= 4 is 22.5 Å². The predicted molar refractivity (Wildman–Crippen MR) is 57.5 cm³/mol. The van der Waals surface area contributed by atoms with Gasteiger partial charge in [0, 0.05) is 11.5 Å². The maximum absolute atomic E-state index is 10.5. The van der Waals surface area contributed by atoms with Crippen molar-refractivity contribution in [2.24, 2.45) is 0 Å². The van der Waals surface area contributed by atoms with Crippen LogP contribution in [0.5, 0.6) is 0 Å². The van der Waals surface area contributed by atoms with Crippen molar-refractivity contribution in [2.75, 3.05) is 0 Å². The van der Waals surface area contributed by atoms with E-state index in [4.69, 9.17) is 9.52 Å². The van der Waals surface area contributed by atoms with E-state index < -0.39 is 5.97 Å². The minimum atomic E-state index is -0.965. The van der Waals surface area contributed by atoms with Crippen LogP contribution in [0, 0.1) is 0 Å². The molecular weight excluding hydrogens is 192 g/mol. The van der Waals surface area contributed by atoms with Crippen LogP contribution in [0.1, 0.15) is 12.7 Å². The van der Waals surface area contributed by atoms with Crippen LogP contribution in [0.3, 0.4) is 0 Å². The second-order valence-corrected chi connectivity index (χ2v) is 3.31. The summed E-state index contributed by atoms with van der Waals surface area (Å²) in [5, 5.41) is 9.58. The van der Waals surface area contributed by atoms with Crippen molar-refractivity contribution in [3.05, 3.63) is 42.2 Å². The van der Waals surface area contributed by atoms with Crippen LogP contribution >= 0.6 is 0 Å². The molecule has 1 aromatic heterocycles. The van der Waals surface area contributed by atoms with E-state index in [0.29, 0.717) is 11.3 Å². The summed E-state index contributed by atoms with van der Waals surface area (Å²) in [7, 11) is 0. The molecule has 0 aliphatic heterocycles. The average molecular weight is 202 g/mol. The predicted octanol–water partition coefficient (Wildman–Crippen LogP) is 2.92. The molecule has 2 rings (SSSR count). The van der Waals surface area contributed by atoms with Crippen LogP contribution in [-0.4, -0.2) is 11.1 Å². The number of carbonyl (C=O) groups is 1. The molecule has 1 aromatic carbocycles. The van der Waals surface area contributed by atoms with Crippen molar-refractivity contribution in [2.45, 2.75) is 6.92 Å². The highest BCUT2D eigenvalue weighted by Gasteiger charge is 2.05. The van der Waals surface area contributed by atoms with Gasteiger partial charge in [-0.05, 0) is 24.6 Å². The van der Waals surface area contributed by atoms with E-state index in [2.05, 4.69) is 0 Å². The van der Waals surface area contributed by atoms with E-state index in [0.717, 1.165) is 17.0 Å². The Balaban J connectivity index is 2.49. The second-order valence-electron chi connectivity index (χ2n) is 3.31. The van der Waals surface area contributed by atoms with E-state index >= 15 is 0 Å². The fraction of sp³-hybridized carbons (Fsp3) is 0.0833. The first-order chi connectivity index (χ1) is 7.16.